The van der Waals surface area contributed by atoms with Gasteiger partial charge in [0.25, 0.3) is 0 Å². The largest absolute Gasteiger partial charge is 0.392 e. The Morgan fingerprint density at radius 3 is 2.69 bits per heavy atom. The predicted molar refractivity (Wildman–Crippen MR) is 74.9 cm³/mol. The van der Waals surface area contributed by atoms with E-state index in [1.807, 2.05) is 12.1 Å². The maximum atomic E-state index is 9.80. The molecule has 1 N–H and O–H groups in total. The fraction of sp³-hybridized carbons (Fsp3) is 0.538. The summed E-state index contributed by atoms with van der Waals surface area (Å²) in [7, 11) is 0. The van der Waals surface area contributed by atoms with Crippen molar-refractivity contribution in [2.75, 3.05) is 5.75 Å². The molecule has 0 saturated carbocycles. The summed E-state index contributed by atoms with van der Waals surface area (Å²) in [6.45, 7) is 4.38. The molecule has 0 aliphatic heterocycles. The molecule has 1 unspecified atom stereocenters. The molecule has 1 aromatic carbocycles. The van der Waals surface area contributed by atoms with E-state index in [-0.39, 0.29) is 6.10 Å². The van der Waals surface area contributed by atoms with Crippen molar-refractivity contribution in [3.63, 3.8) is 0 Å². The molecule has 0 radical (unpaired) electrons. The van der Waals surface area contributed by atoms with Crippen molar-refractivity contribution in [1.82, 2.24) is 0 Å². The highest BCUT2D eigenvalue weighted by Gasteiger charge is 2.06. The lowest BCUT2D eigenvalue weighted by Crippen LogP contribution is -2.10. The zero-order valence-electron chi connectivity index (χ0n) is 9.82. The van der Waals surface area contributed by atoms with Gasteiger partial charge in [-0.2, -0.15) is 0 Å². The summed E-state index contributed by atoms with van der Waals surface area (Å²) in [5, 5.41) is 9.80. The monoisotopic (exact) mass is 302 g/mol. The van der Waals surface area contributed by atoms with E-state index < -0.39 is 0 Å². The number of aliphatic hydroxyl groups is 1. The Labute approximate surface area is 111 Å². The quantitative estimate of drug-likeness (QED) is 0.789. The minimum absolute atomic E-state index is 0.189. The molecule has 1 atom stereocenters. The van der Waals surface area contributed by atoms with Crippen LogP contribution in [0.15, 0.2) is 33.6 Å². The van der Waals surface area contributed by atoms with Gasteiger partial charge in [0.1, 0.15) is 0 Å². The van der Waals surface area contributed by atoms with E-state index in [0.717, 1.165) is 23.1 Å². The summed E-state index contributed by atoms with van der Waals surface area (Å²) >= 11 is 5.16. The normalized spacial score (nSPS) is 13.1. The van der Waals surface area contributed by atoms with Crippen molar-refractivity contribution in [2.45, 2.75) is 37.7 Å². The summed E-state index contributed by atoms with van der Waals surface area (Å²) in [5.74, 6) is 1.45. The molecular weight excluding hydrogens is 284 g/mol. The average molecular weight is 303 g/mol. The van der Waals surface area contributed by atoms with Gasteiger partial charge in [-0.25, -0.2) is 0 Å². The Morgan fingerprint density at radius 2 is 2.06 bits per heavy atom. The number of thioether (sulfide) groups is 1. The van der Waals surface area contributed by atoms with Crippen LogP contribution in [-0.4, -0.2) is 17.0 Å². The van der Waals surface area contributed by atoms with Gasteiger partial charge < -0.3 is 5.11 Å². The first-order chi connectivity index (χ1) is 7.58. The maximum Gasteiger partial charge on any atom is 0.0634 e. The summed E-state index contributed by atoms with van der Waals surface area (Å²) in [6.07, 6.45) is 1.81. The molecular formula is C13H19BrOS. The molecule has 0 heterocycles. The lowest BCUT2D eigenvalue weighted by atomic mass is 10.1. The standard InChI is InChI=1S/C13H19BrOS/c1-10(2)6-7-12(15)9-16-13-5-3-4-11(14)8-13/h3-5,8,10,12,15H,6-7,9H2,1-2H3. The Balaban J connectivity index is 2.28. The zero-order chi connectivity index (χ0) is 12.0. The fourth-order valence-corrected chi connectivity index (χ4v) is 2.85. The number of benzene rings is 1. The first-order valence-electron chi connectivity index (χ1n) is 5.64. The van der Waals surface area contributed by atoms with Crippen LogP contribution in [-0.2, 0) is 0 Å². The van der Waals surface area contributed by atoms with E-state index in [1.54, 1.807) is 11.8 Å². The predicted octanol–water partition coefficient (Wildman–Crippen LogP) is 4.34. The lowest BCUT2D eigenvalue weighted by molar-refractivity contribution is 0.180. The third-order valence-corrected chi connectivity index (χ3v) is 3.95. The smallest absolute Gasteiger partial charge is 0.0634 e. The number of rotatable bonds is 6. The van der Waals surface area contributed by atoms with Crippen LogP contribution in [0.4, 0.5) is 0 Å². The van der Waals surface area contributed by atoms with E-state index >= 15 is 0 Å². The second kappa shape index (κ2) is 7.36. The van der Waals surface area contributed by atoms with E-state index in [4.69, 9.17) is 0 Å². The third-order valence-electron chi connectivity index (χ3n) is 2.32. The molecule has 0 spiro atoms. The number of hydrogen-bond donors (Lipinski definition) is 1. The minimum atomic E-state index is -0.189. The van der Waals surface area contributed by atoms with Gasteiger partial charge in [0.2, 0.25) is 0 Å². The number of halogens is 1. The van der Waals surface area contributed by atoms with Crippen molar-refractivity contribution >= 4 is 27.7 Å². The van der Waals surface area contributed by atoms with Gasteiger partial charge in [-0.15, -0.1) is 11.8 Å². The van der Waals surface area contributed by atoms with Crippen LogP contribution in [0.2, 0.25) is 0 Å². The Bertz CT molecular complexity index is 315. The van der Waals surface area contributed by atoms with Crippen LogP contribution < -0.4 is 0 Å². The molecule has 0 aromatic heterocycles. The highest BCUT2D eigenvalue weighted by atomic mass is 79.9. The average Bonchev–Trinajstić information content (AvgIpc) is 2.23. The second-order valence-corrected chi connectivity index (χ2v) is 6.40. The summed E-state index contributed by atoms with van der Waals surface area (Å²) in [6, 6.07) is 8.19. The van der Waals surface area contributed by atoms with E-state index in [2.05, 4.69) is 41.9 Å². The van der Waals surface area contributed by atoms with Crippen LogP contribution >= 0.6 is 27.7 Å². The third kappa shape index (κ3) is 5.92. The van der Waals surface area contributed by atoms with Crippen LogP contribution in [0.25, 0.3) is 0 Å². The molecule has 1 rings (SSSR count). The molecule has 16 heavy (non-hydrogen) atoms. The number of hydrogen-bond acceptors (Lipinski definition) is 2. The van der Waals surface area contributed by atoms with Gasteiger partial charge in [0, 0.05) is 15.1 Å². The summed E-state index contributed by atoms with van der Waals surface area (Å²) in [4.78, 5) is 1.21. The van der Waals surface area contributed by atoms with Crippen molar-refractivity contribution in [1.29, 1.82) is 0 Å². The molecule has 1 nitrogen and oxygen atoms in total. The van der Waals surface area contributed by atoms with Crippen molar-refractivity contribution in [3.05, 3.63) is 28.7 Å². The van der Waals surface area contributed by atoms with Gasteiger partial charge in [-0.05, 0) is 37.0 Å². The minimum Gasteiger partial charge on any atom is -0.392 e. The summed E-state index contributed by atoms with van der Waals surface area (Å²) in [5.41, 5.74) is 0. The van der Waals surface area contributed by atoms with Crippen LogP contribution in [0.5, 0.6) is 0 Å². The molecule has 3 heteroatoms. The van der Waals surface area contributed by atoms with Crippen molar-refractivity contribution in [3.8, 4) is 0 Å². The first kappa shape index (κ1) is 14.1. The van der Waals surface area contributed by atoms with Gasteiger partial charge in [-0.1, -0.05) is 35.8 Å². The maximum absolute atomic E-state index is 9.80. The Morgan fingerprint density at radius 1 is 1.31 bits per heavy atom. The lowest BCUT2D eigenvalue weighted by Gasteiger charge is -2.11. The fourth-order valence-electron chi connectivity index (χ4n) is 1.36. The van der Waals surface area contributed by atoms with E-state index in [9.17, 15) is 5.11 Å². The molecule has 0 aliphatic rings. The molecule has 0 amide bonds. The molecule has 0 aliphatic carbocycles. The van der Waals surface area contributed by atoms with Crippen molar-refractivity contribution in [2.24, 2.45) is 5.92 Å². The molecule has 0 bridgehead atoms. The Kier molecular flexibility index (Phi) is 6.47. The highest BCUT2D eigenvalue weighted by Crippen LogP contribution is 2.23. The highest BCUT2D eigenvalue weighted by molar-refractivity contribution is 9.10. The first-order valence-corrected chi connectivity index (χ1v) is 7.42. The van der Waals surface area contributed by atoms with Crippen molar-refractivity contribution < 1.29 is 5.11 Å². The van der Waals surface area contributed by atoms with Gasteiger partial charge in [0.15, 0.2) is 0 Å². The zero-order valence-corrected chi connectivity index (χ0v) is 12.2. The molecule has 0 saturated heterocycles. The summed E-state index contributed by atoms with van der Waals surface area (Å²) < 4.78 is 1.09. The number of aliphatic hydroxyl groups excluding tert-OH is 1. The van der Waals surface area contributed by atoms with E-state index in [0.29, 0.717) is 5.92 Å². The Hall–Kier alpha value is 0.01000. The van der Waals surface area contributed by atoms with Crippen LogP contribution in [0, 0.1) is 5.92 Å². The molecule has 0 fully saturated rings. The topological polar surface area (TPSA) is 20.2 Å². The molecule has 1 aromatic rings. The van der Waals surface area contributed by atoms with Gasteiger partial charge in [-0.3, -0.25) is 0 Å². The SMILES string of the molecule is CC(C)CCC(O)CSc1cccc(Br)c1. The molecule has 90 valence electrons. The van der Waals surface area contributed by atoms with Gasteiger partial charge >= 0.3 is 0 Å². The van der Waals surface area contributed by atoms with Crippen LogP contribution in [0.3, 0.4) is 0 Å². The van der Waals surface area contributed by atoms with Crippen LogP contribution in [0.1, 0.15) is 26.7 Å². The second-order valence-electron chi connectivity index (χ2n) is 4.39. The van der Waals surface area contributed by atoms with E-state index in [1.165, 1.54) is 4.90 Å². The van der Waals surface area contributed by atoms with Gasteiger partial charge in [0.05, 0.1) is 6.10 Å².